The highest BCUT2D eigenvalue weighted by molar-refractivity contribution is 7.47. The Bertz CT molecular complexity index is 739. The average molecular weight is 678 g/mol. The van der Waals surface area contributed by atoms with Gasteiger partial charge in [0.05, 0.1) is 13.2 Å². The maximum absolute atomic E-state index is 12.0. The maximum Gasteiger partial charge on any atom is 0.472 e. The fourth-order valence-electron chi connectivity index (χ4n) is 5.38. The van der Waals surface area contributed by atoms with Crippen LogP contribution in [0.3, 0.4) is 0 Å². The molecule has 0 spiro atoms. The number of ether oxygens (including phenoxy) is 1. The molecule has 0 aromatic rings. The Balaban J connectivity index is 3.57. The second-order valence-corrected chi connectivity index (χ2v) is 14.4. The molecule has 0 aromatic heterocycles. The highest BCUT2D eigenvalue weighted by Crippen LogP contribution is 2.42. The first-order valence-corrected chi connectivity index (χ1v) is 20.5. The molecule has 0 fully saturated rings. The van der Waals surface area contributed by atoms with Crippen LogP contribution in [0.25, 0.3) is 0 Å². The minimum Gasteiger partial charge on any atom is -0.463 e. The lowest BCUT2D eigenvalue weighted by Gasteiger charge is -2.15. The Morgan fingerprint density at radius 2 is 0.978 bits per heavy atom. The maximum atomic E-state index is 12.0. The van der Waals surface area contributed by atoms with Crippen LogP contribution in [-0.4, -0.2) is 54.3 Å². The van der Waals surface area contributed by atoms with Crippen LogP contribution in [-0.2, 0) is 27.9 Å². The molecule has 3 N–H and O–H groups in total. The lowest BCUT2D eigenvalue weighted by atomic mass is 10.0. The van der Waals surface area contributed by atoms with Gasteiger partial charge in [-0.05, 0) is 12.8 Å². The van der Waals surface area contributed by atoms with Crippen molar-refractivity contribution in [3.63, 3.8) is 0 Å². The van der Waals surface area contributed by atoms with Gasteiger partial charge in [-0.25, -0.2) is 4.57 Å². The molecule has 0 rings (SSSR count). The first kappa shape index (κ1) is 45.0. The van der Waals surface area contributed by atoms with Gasteiger partial charge >= 0.3 is 13.8 Å². The standard InChI is InChI=1S/C36H72NO8P/c1-3-5-7-9-11-13-14-15-16-17-18-19-20-21-23-25-27-29-36(40)43-32-34(38)33-45-46(41,42)44-31-30-37-35(39)28-26-24-22-12-10-8-6-4-2/h34,38H,3-33H2,1-2H3,(H,37,39)(H,41,42). The number of hydrogen-bond acceptors (Lipinski definition) is 7. The first-order chi connectivity index (χ1) is 22.3. The predicted molar refractivity (Wildman–Crippen MR) is 188 cm³/mol. The van der Waals surface area contributed by atoms with Crippen molar-refractivity contribution in [2.75, 3.05) is 26.4 Å². The third-order valence-electron chi connectivity index (χ3n) is 8.29. The second-order valence-electron chi connectivity index (χ2n) is 12.9. The van der Waals surface area contributed by atoms with E-state index in [2.05, 4.69) is 19.2 Å². The summed E-state index contributed by atoms with van der Waals surface area (Å²) in [7, 11) is -4.40. The van der Waals surface area contributed by atoms with E-state index in [1.807, 2.05) is 0 Å². The molecular formula is C36H72NO8P. The Labute approximate surface area is 282 Å². The fourth-order valence-corrected chi connectivity index (χ4v) is 6.14. The molecule has 1 amide bonds. The van der Waals surface area contributed by atoms with Crippen LogP contribution in [0.5, 0.6) is 0 Å². The first-order valence-electron chi connectivity index (χ1n) is 19.0. The minimum atomic E-state index is -4.40. The Morgan fingerprint density at radius 3 is 1.41 bits per heavy atom. The molecule has 0 radical (unpaired) electrons. The van der Waals surface area contributed by atoms with Crippen LogP contribution < -0.4 is 5.32 Å². The van der Waals surface area contributed by atoms with Crippen LogP contribution >= 0.6 is 7.82 Å². The van der Waals surface area contributed by atoms with E-state index in [-0.39, 0.29) is 25.7 Å². The number of phosphoric ester groups is 1. The molecule has 2 atom stereocenters. The van der Waals surface area contributed by atoms with Crippen LogP contribution in [0.4, 0.5) is 0 Å². The molecule has 0 saturated heterocycles. The van der Waals surface area contributed by atoms with Gasteiger partial charge in [-0.15, -0.1) is 0 Å². The summed E-state index contributed by atoms with van der Waals surface area (Å²) in [6, 6.07) is 0. The molecule has 0 aliphatic heterocycles. The molecule has 0 heterocycles. The summed E-state index contributed by atoms with van der Waals surface area (Å²) >= 11 is 0. The summed E-state index contributed by atoms with van der Waals surface area (Å²) in [4.78, 5) is 33.6. The molecule has 0 saturated carbocycles. The van der Waals surface area contributed by atoms with Gasteiger partial charge in [0.2, 0.25) is 5.91 Å². The molecule has 274 valence electrons. The Hall–Kier alpha value is -0.990. The molecule has 0 bridgehead atoms. The van der Waals surface area contributed by atoms with Crippen LogP contribution in [0.2, 0.25) is 0 Å². The number of unbranched alkanes of at least 4 members (excludes halogenated alkanes) is 23. The number of hydrogen-bond donors (Lipinski definition) is 3. The van der Waals surface area contributed by atoms with Crippen LogP contribution in [0.1, 0.15) is 187 Å². The number of aliphatic hydroxyl groups is 1. The number of carbonyl (C=O) groups is 2. The largest absolute Gasteiger partial charge is 0.472 e. The van der Waals surface area contributed by atoms with Crippen molar-refractivity contribution in [3.8, 4) is 0 Å². The van der Waals surface area contributed by atoms with Crippen molar-refractivity contribution >= 4 is 19.7 Å². The van der Waals surface area contributed by atoms with E-state index < -0.39 is 26.5 Å². The van der Waals surface area contributed by atoms with Gasteiger partial charge in [-0.3, -0.25) is 18.6 Å². The molecular weight excluding hydrogens is 605 g/mol. The summed E-state index contributed by atoms with van der Waals surface area (Å²) in [6.07, 6.45) is 30.4. The average Bonchev–Trinajstić information content (AvgIpc) is 3.04. The zero-order chi connectivity index (χ0) is 34.0. The van der Waals surface area contributed by atoms with Gasteiger partial charge in [0.1, 0.15) is 12.7 Å². The van der Waals surface area contributed by atoms with Crippen LogP contribution in [0.15, 0.2) is 0 Å². The van der Waals surface area contributed by atoms with Crippen molar-refractivity contribution in [1.82, 2.24) is 5.32 Å². The third-order valence-corrected chi connectivity index (χ3v) is 9.27. The molecule has 46 heavy (non-hydrogen) atoms. The molecule has 0 aliphatic rings. The molecule has 2 unspecified atom stereocenters. The monoisotopic (exact) mass is 677 g/mol. The number of phosphoric acid groups is 1. The minimum absolute atomic E-state index is 0.0866. The summed E-state index contributed by atoms with van der Waals surface area (Å²) < 4.78 is 26.7. The summed E-state index contributed by atoms with van der Waals surface area (Å²) in [5, 5.41) is 12.6. The SMILES string of the molecule is CCCCCCCCCCCCCCCCCCCC(=O)OCC(O)COP(=O)(O)OCCNC(=O)CCCCCCCCCC. The third kappa shape index (κ3) is 34.3. The highest BCUT2D eigenvalue weighted by atomic mass is 31.2. The van der Waals surface area contributed by atoms with Gasteiger partial charge in [0.25, 0.3) is 0 Å². The number of amides is 1. The number of esters is 1. The van der Waals surface area contributed by atoms with E-state index in [0.29, 0.717) is 12.8 Å². The van der Waals surface area contributed by atoms with E-state index in [4.69, 9.17) is 13.8 Å². The lowest BCUT2D eigenvalue weighted by molar-refractivity contribution is -0.147. The topological polar surface area (TPSA) is 131 Å². The van der Waals surface area contributed by atoms with E-state index in [1.54, 1.807) is 0 Å². The number of rotatable bonds is 36. The summed E-state index contributed by atoms with van der Waals surface area (Å²) in [5.41, 5.74) is 0. The van der Waals surface area contributed by atoms with Crippen molar-refractivity contribution < 1.29 is 37.9 Å². The molecule has 10 heteroatoms. The lowest BCUT2D eigenvalue weighted by Crippen LogP contribution is -2.27. The molecule has 0 aliphatic carbocycles. The summed E-state index contributed by atoms with van der Waals surface area (Å²) in [6.45, 7) is 3.53. The highest BCUT2D eigenvalue weighted by Gasteiger charge is 2.23. The van der Waals surface area contributed by atoms with E-state index in [1.165, 1.54) is 122 Å². The zero-order valence-electron chi connectivity index (χ0n) is 29.8. The zero-order valence-corrected chi connectivity index (χ0v) is 30.7. The predicted octanol–water partition coefficient (Wildman–Crippen LogP) is 9.71. The smallest absolute Gasteiger partial charge is 0.463 e. The van der Waals surface area contributed by atoms with E-state index >= 15 is 0 Å². The van der Waals surface area contributed by atoms with Crippen molar-refractivity contribution in [2.24, 2.45) is 0 Å². The van der Waals surface area contributed by atoms with E-state index in [9.17, 15) is 24.2 Å². The van der Waals surface area contributed by atoms with Gasteiger partial charge in [-0.1, -0.05) is 162 Å². The normalized spacial score (nSPS) is 13.4. The number of carbonyl (C=O) groups excluding carboxylic acids is 2. The van der Waals surface area contributed by atoms with Gasteiger partial charge in [0.15, 0.2) is 0 Å². The van der Waals surface area contributed by atoms with Gasteiger partial charge < -0.3 is 20.1 Å². The van der Waals surface area contributed by atoms with E-state index in [0.717, 1.165) is 38.5 Å². The number of nitrogens with one attached hydrogen (secondary N) is 1. The Morgan fingerprint density at radius 1 is 0.587 bits per heavy atom. The Kier molecular flexibility index (Phi) is 33.2. The van der Waals surface area contributed by atoms with Gasteiger partial charge in [0, 0.05) is 19.4 Å². The van der Waals surface area contributed by atoms with Crippen molar-refractivity contribution in [1.29, 1.82) is 0 Å². The second kappa shape index (κ2) is 33.9. The number of aliphatic hydroxyl groups excluding tert-OH is 1. The fraction of sp³-hybridized carbons (Fsp3) is 0.944. The van der Waals surface area contributed by atoms with Crippen LogP contribution in [0, 0.1) is 0 Å². The van der Waals surface area contributed by atoms with Gasteiger partial charge in [-0.2, -0.15) is 0 Å². The summed E-state index contributed by atoms with van der Waals surface area (Å²) in [5.74, 6) is -0.513. The molecule has 0 aromatic carbocycles. The quantitative estimate of drug-likeness (QED) is 0.0339. The van der Waals surface area contributed by atoms with Crippen molar-refractivity contribution in [2.45, 2.75) is 193 Å². The van der Waals surface area contributed by atoms with Crippen molar-refractivity contribution in [3.05, 3.63) is 0 Å². The molecule has 9 nitrogen and oxygen atoms in total.